The van der Waals surface area contributed by atoms with Crippen molar-refractivity contribution in [1.82, 2.24) is 9.97 Å². The van der Waals surface area contributed by atoms with Crippen molar-refractivity contribution in [3.63, 3.8) is 0 Å². The number of carboxylic acids is 1. The Bertz CT molecular complexity index is 994. The molecule has 0 atom stereocenters. The van der Waals surface area contributed by atoms with E-state index in [0.717, 1.165) is 59.7 Å². The number of aromatic nitrogens is 2. The number of aryl methyl sites for hydroxylation is 2. The van der Waals surface area contributed by atoms with E-state index in [-0.39, 0.29) is 11.8 Å². The Balaban J connectivity index is 2.12. The zero-order valence-electron chi connectivity index (χ0n) is 20.0. The second-order valence-corrected chi connectivity index (χ2v) is 10.3. The molecular formula is C25H34ClN3O3. The van der Waals surface area contributed by atoms with Crippen LogP contribution in [0.2, 0.25) is 5.02 Å². The fraction of sp³-hybridized carbons (Fsp3) is 0.560. The summed E-state index contributed by atoms with van der Waals surface area (Å²) < 4.78 is 5.79. The minimum Gasteiger partial charge on any atom is -0.481 e. The first-order valence-corrected chi connectivity index (χ1v) is 11.6. The number of carbonyl (C=O) groups is 1. The Morgan fingerprint density at radius 2 is 1.88 bits per heavy atom. The number of piperidine rings is 1. The number of carboxylic acid groups (broad SMARTS) is 1. The van der Waals surface area contributed by atoms with E-state index in [2.05, 4.69) is 42.6 Å². The molecule has 2 aromatic rings. The normalized spacial score (nSPS) is 15.8. The summed E-state index contributed by atoms with van der Waals surface area (Å²) in [6.45, 7) is 14.8. The highest BCUT2D eigenvalue weighted by Gasteiger charge is 2.30. The Kier molecular flexibility index (Phi) is 7.33. The first kappa shape index (κ1) is 24.3. The Hall–Kier alpha value is -2.34. The van der Waals surface area contributed by atoms with Crippen LogP contribution in [0, 0.1) is 25.2 Å². The maximum Gasteiger partial charge on any atom is 0.307 e. The van der Waals surface area contributed by atoms with E-state index >= 15 is 0 Å². The number of pyridine rings is 2. The molecule has 3 heterocycles. The van der Waals surface area contributed by atoms with Crippen molar-refractivity contribution >= 4 is 23.3 Å². The number of rotatable bonds is 7. The van der Waals surface area contributed by atoms with Gasteiger partial charge in [0.25, 0.3) is 0 Å². The second-order valence-electron chi connectivity index (χ2n) is 9.92. The summed E-state index contributed by atoms with van der Waals surface area (Å²) >= 11 is 6.55. The van der Waals surface area contributed by atoms with Crippen LogP contribution in [0.25, 0.3) is 11.1 Å². The maximum atomic E-state index is 11.7. The van der Waals surface area contributed by atoms with Gasteiger partial charge in [0.1, 0.15) is 5.02 Å². The van der Waals surface area contributed by atoms with Gasteiger partial charge in [-0.1, -0.05) is 39.3 Å². The number of halogens is 1. The summed E-state index contributed by atoms with van der Waals surface area (Å²) in [7, 11) is 0. The van der Waals surface area contributed by atoms with Gasteiger partial charge in [0.15, 0.2) is 0 Å². The third-order valence-corrected chi connectivity index (χ3v) is 6.37. The van der Waals surface area contributed by atoms with Crippen molar-refractivity contribution in [2.75, 3.05) is 24.6 Å². The Morgan fingerprint density at radius 3 is 2.47 bits per heavy atom. The van der Waals surface area contributed by atoms with Crippen LogP contribution in [0.3, 0.4) is 0 Å². The van der Waals surface area contributed by atoms with Crippen molar-refractivity contribution in [2.24, 2.45) is 11.3 Å². The molecule has 1 aliphatic rings. The summed E-state index contributed by atoms with van der Waals surface area (Å²) in [4.78, 5) is 23.2. The van der Waals surface area contributed by atoms with Gasteiger partial charge < -0.3 is 14.7 Å². The van der Waals surface area contributed by atoms with Crippen molar-refractivity contribution in [1.29, 1.82) is 0 Å². The molecule has 0 bridgehead atoms. The molecule has 3 rings (SSSR count). The van der Waals surface area contributed by atoms with E-state index in [9.17, 15) is 9.90 Å². The molecule has 0 saturated carbocycles. The lowest BCUT2D eigenvalue weighted by molar-refractivity contribution is -0.136. The lowest BCUT2D eigenvalue weighted by Crippen LogP contribution is -2.38. The third kappa shape index (κ3) is 5.52. The van der Waals surface area contributed by atoms with Crippen molar-refractivity contribution in [3.05, 3.63) is 34.2 Å². The third-order valence-electron chi connectivity index (χ3n) is 6.10. The monoisotopic (exact) mass is 459 g/mol. The SMILES string of the molecule is Cc1nc(OCC(C)C)c(Cl)cc1-c1cnc(C)c(CC(=O)O)c1N1CCC(C)(C)CC1. The van der Waals surface area contributed by atoms with Crippen LogP contribution < -0.4 is 9.64 Å². The highest BCUT2D eigenvalue weighted by molar-refractivity contribution is 6.32. The van der Waals surface area contributed by atoms with E-state index in [4.69, 9.17) is 16.3 Å². The molecule has 0 spiro atoms. The number of aliphatic carboxylic acids is 1. The van der Waals surface area contributed by atoms with E-state index in [1.54, 1.807) is 0 Å². The van der Waals surface area contributed by atoms with Gasteiger partial charge in [-0.3, -0.25) is 9.78 Å². The van der Waals surface area contributed by atoms with Crippen LogP contribution in [-0.2, 0) is 11.2 Å². The molecule has 1 N–H and O–H groups in total. The van der Waals surface area contributed by atoms with Gasteiger partial charge in [-0.15, -0.1) is 0 Å². The van der Waals surface area contributed by atoms with Crippen LogP contribution >= 0.6 is 11.6 Å². The number of ether oxygens (including phenoxy) is 1. The molecule has 7 heteroatoms. The topological polar surface area (TPSA) is 75.5 Å². The smallest absolute Gasteiger partial charge is 0.307 e. The van der Waals surface area contributed by atoms with Crippen LogP contribution in [0.4, 0.5) is 5.69 Å². The predicted octanol–water partition coefficient (Wildman–Crippen LogP) is 5.70. The van der Waals surface area contributed by atoms with Gasteiger partial charge >= 0.3 is 5.97 Å². The van der Waals surface area contributed by atoms with Crippen LogP contribution in [0.1, 0.15) is 57.5 Å². The predicted molar refractivity (Wildman–Crippen MR) is 129 cm³/mol. The lowest BCUT2D eigenvalue weighted by atomic mass is 9.82. The van der Waals surface area contributed by atoms with Gasteiger partial charge in [-0.2, -0.15) is 0 Å². The minimum atomic E-state index is -0.865. The summed E-state index contributed by atoms with van der Waals surface area (Å²) in [6.07, 6.45) is 3.84. The largest absolute Gasteiger partial charge is 0.481 e. The molecule has 0 aromatic carbocycles. The first-order valence-electron chi connectivity index (χ1n) is 11.2. The van der Waals surface area contributed by atoms with Gasteiger partial charge in [-0.05, 0) is 44.1 Å². The van der Waals surface area contributed by atoms with Crippen LogP contribution in [-0.4, -0.2) is 40.7 Å². The summed E-state index contributed by atoms with van der Waals surface area (Å²) in [6, 6.07) is 1.87. The number of hydrogen-bond donors (Lipinski definition) is 1. The number of nitrogens with zero attached hydrogens (tertiary/aromatic N) is 3. The second kappa shape index (κ2) is 9.65. The van der Waals surface area contributed by atoms with Gasteiger partial charge in [0.05, 0.1) is 18.7 Å². The molecule has 1 aliphatic heterocycles. The molecule has 1 saturated heterocycles. The van der Waals surface area contributed by atoms with Crippen LogP contribution in [0.15, 0.2) is 12.3 Å². The summed E-state index contributed by atoms with van der Waals surface area (Å²) in [5.41, 5.74) is 5.21. The van der Waals surface area contributed by atoms with Gasteiger partial charge in [-0.25, -0.2) is 4.98 Å². The summed E-state index contributed by atoms with van der Waals surface area (Å²) in [5.74, 6) is -0.0765. The van der Waals surface area contributed by atoms with E-state index in [1.165, 1.54) is 0 Å². The Morgan fingerprint density at radius 1 is 1.22 bits per heavy atom. The average Bonchev–Trinajstić information content (AvgIpc) is 2.70. The lowest BCUT2D eigenvalue weighted by Gasteiger charge is -2.40. The molecule has 6 nitrogen and oxygen atoms in total. The number of anilines is 1. The van der Waals surface area contributed by atoms with Crippen molar-refractivity contribution in [3.8, 4) is 17.0 Å². The van der Waals surface area contributed by atoms with Crippen molar-refractivity contribution in [2.45, 2.75) is 60.8 Å². The molecule has 0 radical (unpaired) electrons. The van der Waals surface area contributed by atoms with E-state index in [1.807, 2.05) is 26.1 Å². The average molecular weight is 460 g/mol. The summed E-state index contributed by atoms with van der Waals surface area (Å²) in [5, 5.41) is 10.0. The van der Waals surface area contributed by atoms with Gasteiger partial charge in [0, 0.05) is 47.4 Å². The molecule has 1 fully saturated rings. The molecule has 0 amide bonds. The number of hydrogen-bond acceptors (Lipinski definition) is 5. The Labute approximate surface area is 196 Å². The minimum absolute atomic E-state index is 0.0717. The standard InChI is InChI=1S/C25H34ClN3O3/c1-15(2)14-32-24-21(26)11-18(17(4)28-24)20-13-27-16(3)19(12-22(30)31)23(20)29-9-7-25(5,6)8-10-29/h11,13,15H,7-10,12,14H2,1-6H3,(H,30,31). The first-order chi connectivity index (χ1) is 15.0. The highest BCUT2D eigenvalue weighted by Crippen LogP contribution is 2.42. The van der Waals surface area contributed by atoms with Crippen molar-refractivity contribution < 1.29 is 14.6 Å². The highest BCUT2D eigenvalue weighted by atomic mass is 35.5. The zero-order chi connectivity index (χ0) is 23.6. The maximum absolute atomic E-state index is 11.7. The van der Waals surface area contributed by atoms with E-state index < -0.39 is 5.97 Å². The molecule has 0 aliphatic carbocycles. The molecule has 32 heavy (non-hydrogen) atoms. The molecular weight excluding hydrogens is 426 g/mol. The fourth-order valence-corrected chi connectivity index (χ4v) is 4.28. The molecule has 174 valence electrons. The zero-order valence-corrected chi connectivity index (χ0v) is 20.7. The van der Waals surface area contributed by atoms with E-state index in [0.29, 0.717) is 23.4 Å². The van der Waals surface area contributed by atoms with Gasteiger partial charge in [0.2, 0.25) is 5.88 Å². The molecule has 2 aromatic heterocycles. The molecule has 0 unspecified atom stereocenters. The van der Waals surface area contributed by atoms with Crippen LogP contribution in [0.5, 0.6) is 5.88 Å². The quantitative estimate of drug-likeness (QED) is 0.572. The fourth-order valence-electron chi connectivity index (χ4n) is 4.07.